The van der Waals surface area contributed by atoms with Gasteiger partial charge in [-0.2, -0.15) is 0 Å². The van der Waals surface area contributed by atoms with Crippen molar-refractivity contribution in [2.45, 2.75) is 56.7 Å². The van der Waals surface area contributed by atoms with Crippen LogP contribution in [0.1, 0.15) is 37.7 Å². The molecule has 0 saturated heterocycles. The molecule has 2 atom stereocenters. The van der Waals surface area contributed by atoms with Gasteiger partial charge in [0.15, 0.2) is 0 Å². The van der Waals surface area contributed by atoms with Gasteiger partial charge in [-0.25, -0.2) is 4.39 Å². The van der Waals surface area contributed by atoms with Crippen molar-refractivity contribution in [3.63, 3.8) is 0 Å². The van der Waals surface area contributed by atoms with Crippen LogP contribution < -0.4 is 15.8 Å². The lowest BCUT2D eigenvalue weighted by Crippen LogP contribution is -2.55. The number of amides is 1. The second kappa shape index (κ2) is 5.30. The summed E-state index contributed by atoms with van der Waals surface area (Å²) in [6, 6.07) is 5.14. The summed E-state index contributed by atoms with van der Waals surface area (Å²) in [5.41, 5.74) is 5.52. The van der Waals surface area contributed by atoms with E-state index in [-0.39, 0.29) is 17.8 Å². The van der Waals surface area contributed by atoms with Gasteiger partial charge in [0.2, 0.25) is 5.91 Å². The molecular weight excluding hydrogens is 271 g/mol. The first-order valence-electron chi connectivity index (χ1n) is 7.49. The number of halogens is 1. The monoisotopic (exact) mass is 292 g/mol. The molecule has 0 spiro atoms. The summed E-state index contributed by atoms with van der Waals surface area (Å²) in [4.78, 5) is 11.8. The number of primary amides is 1. The average Bonchev–Trinajstić information content (AvgIpc) is 3.14. The largest absolute Gasteiger partial charge is 0.490 e. The summed E-state index contributed by atoms with van der Waals surface area (Å²) in [5.74, 6) is 0.108. The fourth-order valence-corrected chi connectivity index (χ4v) is 3.03. The third-order valence-corrected chi connectivity index (χ3v) is 4.43. The molecule has 114 valence electrons. The van der Waals surface area contributed by atoms with Crippen molar-refractivity contribution in [1.82, 2.24) is 5.32 Å². The molecule has 0 aliphatic heterocycles. The maximum absolute atomic E-state index is 13.3. The molecule has 0 heterocycles. The zero-order chi connectivity index (χ0) is 15.0. The number of carbonyl (C=O) groups excluding carboxylic acids is 1. The SMILES string of the molecule is Cc1cc(OC2CCC(NC3CC3)(C(N)=O)C2)ccc1F. The molecule has 2 aliphatic rings. The van der Waals surface area contributed by atoms with Crippen molar-refractivity contribution in [2.24, 2.45) is 5.73 Å². The Balaban J connectivity index is 1.67. The lowest BCUT2D eigenvalue weighted by molar-refractivity contribution is -0.124. The first kappa shape index (κ1) is 14.3. The zero-order valence-electron chi connectivity index (χ0n) is 12.2. The van der Waals surface area contributed by atoms with Crippen LogP contribution >= 0.6 is 0 Å². The first-order chi connectivity index (χ1) is 9.98. The van der Waals surface area contributed by atoms with E-state index in [0.717, 1.165) is 19.3 Å². The molecule has 1 aromatic carbocycles. The quantitative estimate of drug-likeness (QED) is 0.873. The van der Waals surface area contributed by atoms with Crippen molar-refractivity contribution in [3.8, 4) is 5.75 Å². The fraction of sp³-hybridized carbons (Fsp3) is 0.562. The number of nitrogens with one attached hydrogen (secondary N) is 1. The van der Waals surface area contributed by atoms with Gasteiger partial charge in [0.05, 0.1) is 0 Å². The maximum Gasteiger partial charge on any atom is 0.237 e. The van der Waals surface area contributed by atoms with Gasteiger partial charge in [0, 0.05) is 12.5 Å². The van der Waals surface area contributed by atoms with Gasteiger partial charge in [-0.15, -0.1) is 0 Å². The molecule has 2 aliphatic carbocycles. The molecule has 2 fully saturated rings. The minimum atomic E-state index is -0.638. The molecule has 21 heavy (non-hydrogen) atoms. The van der Waals surface area contributed by atoms with Crippen LogP contribution in [0.3, 0.4) is 0 Å². The molecule has 4 nitrogen and oxygen atoms in total. The number of nitrogens with two attached hydrogens (primary N) is 1. The highest BCUT2D eigenvalue weighted by molar-refractivity contribution is 5.85. The average molecular weight is 292 g/mol. The molecule has 1 amide bonds. The minimum Gasteiger partial charge on any atom is -0.490 e. The highest BCUT2D eigenvalue weighted by Crippen LogP contribution is 2.36. The van der Waals surface area contributed by atoms with E-state index < -0.39 is 5.54 Å². The molecule has 2 saturated carbocycles. The van der Waals surface area contributed by atoms with Crippen molar-refractivity contribution in [2.75, 3.05) is 0 Å². The third-order valence-electron chi connectivity index (χ3n) is 4.43. The van der Waals surface area contributed by atoms with Gasteiger partial charge in [-0.05, 0) is 56.4 Å². The van der Waals surface area contributed by atoms with Crippen LogP contribution in [-0.2, 0) is 4.79 Å². The number of aryl methyl sites for hydroxylation is 1. The van der Waals surface area contributed by atoms with Crippen LogP contribution in [0.25, 0.3) is 0 Å². The number of carbonyl (C=O) groups is 1. The number of hydrogen-bond donors (Lipinski definition) is 2. The maximum atomic E-state index is 13.3. The van der Waals surface area contributed by atoms with E-state index in [4.69, 9.17) is 10.5 Å². The Morgan fingerprint density at radius 3 is 2.81 bits per heavy atom. The highest BCUT2D eigenvalue weighted by atomic mass is 19.1. The molecule has 2 unspecified atom stereocenters. The van der Waals surface area contributed by atoms with Crippen LogP contribution in [0.2, 0.25) is 0 Å². The van der Waals surface area contributed by atoms with E-state index in [1.54, 1.807) is 19.1 Å². The van der Waals surface area contributed by atoms with Crippen molar-refractivity contribution in [3.05, 3.63) is 29.6 Å². The van der Waals surface area contributed by atoms with E-state index in [1.807, 2.05) is 0 Å². The predicted octanol–water partition coefficient (Wildman–Crippen LogP) is 2.04. The zero-order valence-corrected chi connectivity index (χ0v) is 12.2. The number of rotatable bonds is 5. The molecule has 3 N–H and O–H groups in total. The smallest absolute Gasteiger partial charge is 0.237 e. The van der Waals surface area contributed by atoms with Crippen LogP contribution in [0, 0.1) is 12.7 Å². The molecule has 1 aromatic rings. The van der Waals surface area contributed by atoms with Gasteiger partial charge < -0.3 is 15.8 Å². The van der Waals surface area contributed by atoms with E-state index in [2.05, 4.69) is 5.32 Å². The molecule has 5 heteroatoms. The number of benzene rings is 1. The lowest BCUT2D eigenvalue weighted by Gasteiger charge is -2.27. The van der Waals surface area contributed by atoms with Gasteiger partial charge in [0.25, 0.3) is 0 Å². The second-order valence-corrected chi connectivity index (χ2v) is 6.26. The van der Waals surface area contributed by atoms with Gasteiger partial charge >= 0.3 is 0 Å². The molecule has 0 aromatic heterocycles. The summed E-state index contributed by atoms with van der Waals surface area (Å²) in [6.45, 7) is 1.71. The fourth-order valence-electron chi connectivity index (χ4n) is 3.03. The number of ether oxygens (including phenoxy) is 1. The Labute approximate surface area is 123 Å². The topological polar surface area (TPSA) is 64.3 Å². The molecule has 0 radical (unpaired) electrons. The van der Waals surface area contributed by atoms with Crippen molar-refractivity contribution < 1.29 is 13.9 Å². The third kappa shape index (κ3) is 3.02. The lowest BCUT2D eigenvalue weighted by atomic mass is 9.96. The van der Waals surface area contributed by atoms with E-state index in [1.165, 1.54) is 6.07 Å². The highest BCUT2D eigenvalue weighted by Gasteiger charge is 2.47. The van der Waals surface area contributed by atoms with Gasteiger partial charge in [0.1, 0.15) is 23.2 Å². The Morgan fingerprint density at radius 1 is 1.43 bits per heavy atom. The Morgan fingerprint density at radius 2 is 2.19 bits per heavy atom. The second-order valence-electron chi connectivity index (χ2n) is 6.26. The Kier molecular flexibility index (Phi) is 3.61. The van der Waals surface area contributed by atoms with Crippen molar-refractivity contribution >= 4 is 5.91 Å². The number of hydrogen-bond acceptors (Lipinski definition) is 3. The first-order valence-corrected chi connectivity index (χ1v) is 7.49. The summed E-state index contributed by atoms with van der Waals surface area (Å²) in [7, 11) is 0. The summed E-state index contributed by atoms with van der Waals surface area (Å²) in [6.07, 6.45) is 4.21. The molecular formula is C16H21FN2O2. The van der Waals surface area contributed by atoms with Gasteiger partial charge in [-0.1, -0.05) is 0 Å². The van der Waals surface area contributed by atoms with Crippen LogP contribution in [0.15, 0.2) is 18.2 Å². The predicted molar refractivity (Wildman–Crippen MR) is 77.5 cm³/mol. The van der Waals surface area contributed by atoms with Crippen LogP contribution in [0.5, 0.6) is 5.75 Å². The van der Waals surface area contributed by atoms with Gasteiger partial charge in [-0.3, -0.25) is 4.79 Å². The van der Waals surface area contributed by atoms with Crippen LogP contribution in [-0.4, -0.2) is 23.6 Å². The van der Waals surface area contributed by atoms with E-state index in [0.29, 0.717) is 30.2 Å². The molecule has 0 bridgehead atoms. The molecule has 3 rings (SSSR count). The standard InChI is InChI=1S/C16H21FN2O2/c1-10-8-12(4-5-14(10)17)21-13-6-7-16(9-13,15(18)20)19-11-2-3-11/h4-5,8,11,13,19H,2-3,6-7,9H2,1H3,(H2,18,20). The summed E-state index contributed by atoms with van der Waals surface area (Å²) < 4.78 is 19.2. The normalized spacial score (nSPS) is 28.6. The van der Waals surface area contributed by atoms with E-state index >= 15 is 0 Å². The summed E-state index contributed by atoms with van der Waals surface area (Å²) in [5, 5.41) is 3.39. The van der Waals surface area contributed by atoms with Crippen molar-refractivity contribution in [1.29, 1.82) is 0 Å². The van der Waals surface area contributed by atoms with E-state index in [9.17, 15) is 9.18 Å². The minimum absolute atomic E-state index is 0.0615. The van der Waals surface area contributed by atoms with Crippen LogP contribution in [0.4, 0.5) is 4.39 Å². The Hall–Kier alpha value is -1.62. The summed E-state index contributed by atoms with van der Waals surface area (Å²) >= 11 is 0. The Bertz CT molecular complexity index is 559.